The van der Waals surface area contributed by atoms with Crippen molar-refractivity contribution >= 4 is 23.2 Å². The van der Waals surface area contributed by atoms with Gasteiger partial charge in [-0.1, -0.05) is 37.3 Å². The second kappa shape index (κ2) is 6.35. The van der Waals surface area contributed by atoms with Gasteiger partial charge in [-0.3, -0.25) is 4.79 Å². The van der Waals surface area contributed by atoms with Gasteiger partial charge in [-0.25, -0.2) is 4.98 Å². The van der Waals surface area contributed by atoms with Gasteiger partial charge in [0.25, 0.3) is 0 Å². The Labute approximate surface area is 118 Å². The summed E-state index contributed by atoms with van der Waals surface area (Å²) in [5.41, 5.74) is 6.14. The molecule has 3 N–H and O–H groups in total. The highest BCUT2D eigenvalue weighted by Gasteiger charge is 2.37. The van der Waals surface area contributed by atoms with E-state index in [4.69, 9.17) is 17.3 Å². The molecule has 0 aromatic carbocycles. The van der Waals surface area contributed by atoms with Crippen molar-refractivity contribution in [3.8, 4) is 0 Å². The molecule has 1 heterocycles. The minimum absolute atomic E-state index is 0.0148. The van der Waals surface area contributed by atoms with Crippen molar-refractivity contribution in [3.63, 3.8) is 0 Å². The molecule has 1 aliphatic rings. The number of carbonyl (C=O) groups excluding carboxylic acids is 1. The third kappa shape index (κ3) is 3.45. The number of hydrogen-bond acceptors (Lipinski definition) is 3. The zero-order chi connectivity index (χ0) is 13.7. The van der Waals surface area contributed by atoms with Gasteiger partial charge in [0.15, 0.2) is 0 Å². The van der Waals surface area contributed by atoms with Gasteiger partial charge in [0.05, 0.1) is 17.3 Å². The molecule has 0 spiro atoms. The summed E-state index contributed by atoms with van der Waals surface area (Å²) in [4.78, 5) is 16.5. The molecule has 0 bridgehead atoms. The molecule has 4 nitrogen and oxygen atoms in total. The summed E-state index contributed by atoms with van der Waals surface area (Å²) < 4.78 is 0. The molecule has 0 radical (unpaired) electrons. The lowest BCUT2D eigenvalue weighted by Gasteiger charge is -2.29. The van der Waals surface area contributed by atoms with Gasteiger partial charge in [-0.2, -0.15) is 0 Å². The molecule has 19 heavy (non-hydrogen) atoms. The average Bonchev–Trinajstić information content (AvgIpc) is 2.67. The number of nitrogens with zero attached hydrogens (tertiary/aromatic N) is 1. The summed E-state index contributed by atoms with van der Waals surface area (Å²) in [7, 11) is 0. The number of carbonyl (C=O) groups is 1. The normalized spacial score (nSPS) is 18.6. The lowest BCUT2D eigenvalue weighted by Crippen LogP contribution is -2.42. The van der Waals surface area contributed by atoms with Crippen LogP contribution in [0.25, 0.3) is 0 Å². The van der Waals surface area contributed by atoms with Crippen LogP contribution in [0, 0.1) is 5.41 Å². The van der Waals surface area contributed by atoms with Gasteiger partial charge < -0.3 is 11.1 Å². The van der Waals surface area contributed by atoms with Gasteiger partial charge in [0.1, 0.15) is 5.15 Å². The van der Waals surface area contributed by atoms with Crippen LogP contribution in [0.15, 0.2) is 18.3 Å². The Hall–Kier alpha value is -1.13. The molecular formula is C14H20ClN3O. The maximum absolute atomic E-state index is 12.5. The molecule has 2 rings (SSSR count). The van der Waals surface area contributed by atoms with Crippen molar-refractivity contribution in [2.45, 2.75) is 38.5 Å². The maximum atomic E-state index is 12.5. The number of halogens is 1. The van der Waals surface area contributed by atoms with E-state index in [1.807, 2.05) is 0 Å². The van der Waals surface area contributed by atoms with E-state index in [-0.39, 0.29) is 5.91 Å². The number of hydrogen-bond donors (Lipinski definition) is 2. The highest BCUT2D eigenvalue weighted by molar-refractivity contribution is 6.29. The van der Waals surface area contributed by atoms with Crippen LogP contribution in [0.4, 0.5) is 5.69 Å². The molecule has 1 aliphatic carbocycles. The third-order valence-corrected chi connectivity index (χ3v) is 4.14. The van der Waals surface area contributed by atoms with Gasteiger partial charge in [-0.05, 0) is 25.0 Å². The molecule has 0 saturated heterocycles. The zero-order valence-corrected chi connectivity index (χ0v) is 11.7. The predicted molar refractivity (Wildman–Crippen MR) is 77.1 cm³/mol. The van der Waals surface area contributed by atoms with E-state index in [2.05, 4.69) is 10.3 Å². The number of aromatic nitrogens is 1. The lowest BCUT2D eigenvalue weighted by molar-refractivity contribution is -0.125. The van der Waals surface area contributed by atoms with Crippen molar-refractivity contribution in [3.05, 3.63) is 23.5 Å². The number of pyridine rings is 1. The Morgan fingerprint density at radius 3 is 2.53 bits per heavy atom. The summed E-state index contributed by atoms with van der Waals surface area (Å²) in [5.74, 6) is 0.0148. The van der Waals surface area contributed by atoms with E-state index in [0.717, 1.165) is 25.7 Å². The fourth-order valence-corrected chi connectivity index (χ4v) is 2.75. The van der Waals surface area contributed by atoms with Crippen LogP contribution in [0.5, 0.6) is 0 Å². The first-order chi connectivity index (χ1) is 9.16. The minimum Gasteiger partial charge on any atom is -0.329 e. The summed E-state index contributed by atoms with van der Waals surface area (Å²) in [6.45, 7) is 0.403. The van der Waals surface area contributed by atoms with E-state index in [1.54, 1.807) is 18.3 Å². The third-order valence-electron chi connectivity index (χ3n) is 3.92. The predicted octanol–water partition coefficient (Wildman–Crippen LogP) is 2.97. The molecule has 0 atom stereocenters. The Kier molecular flexibility index (Phi) is 4.77. The first-order valence-electron chi connectivity index (χ1n) is 6.79. The zero-order valence-electron chi connectivity index (χ0n) is 11.0. The first kappa shape index (κ1) is 14.3. The molecule has 5 heteroatoms. The molecule has 0 aliphatic heterocycles. The van der Waals surface area contributed by atoms with Gasteiger partial charge in [-0.15, -0.1) is 0 Å². The molecule has 1 amide bonds. The topological polar surface area (TPSA) is 68.0 Å². The van der Waals surface area contributed by atoms with Crippen LogP contribution in [-0.4, -0.2) is 17.4 Å². The van der Waals surface area contributed by atoms with E-state index in [0.29, 0.717) is 17.4 Å². The highest BCUT2D eigenvalue weighted by Crippen LogP contribution is 2.35. The van der Waals surface area contributed by atoms with Crippen LogP contribution in [0.3, 0.4) is 0 Å². The van der Waals surface area contributed by atoms with E-state index >= 15 is 0 Å². The van der Waals surface area contributed by atoms with Gasteiger partial charge in [0, 0.05) is 6.54 Å². The fourth-order valence-electron chi connectivity index (χ4n) is 2.64. The van der Waals surface area contributed by atoms with Crippen LogP contribution < -0.4 is 11.1 Å². The number of nitrogens with two attached hydrogens (primary N) is 1. The van der Waals surface area contributed by atoms with Gasteiger partial charge >= 0.3 is 0 Å². The smallest absolute Gasteiger partial charge is 0.231 e. The Bertz CT molecular complexity index is 425. The van der Waals surface area contributed by atoms with Crippen LogP contribution >= 0.6 is 11.6 Å². The maximum Gasteiger partial charge on any atom is 0.231 e. The van der Waals surface area contributed by atoms with Crippen molar-refractivity contribution in [1.82, 2.24) is 4.98 Å². The number of anilines is 1. The van der Waals surface area contributed by atoms with Crippen LogP contribution in [-0.2, 0) is 4.79 Å². The number of rotatable bonds is 3. The molecule has 1 fully saturated rings. The number of amides is 1. The molecule has 1 saturated carbocycles. The Morgan fingerprint density at radius 2 is 2.00 bits per heavy atom. The lowest BCUT2D eigenvalue weighted by atomic mass is 9.79. The first-order valence-corrected chi connectivity index (χ1v) is 7.17. The molecule has 104 valence electrons. The monoisotopic (exact) mass is 281 g/mol. The van der Waals surface area contributed by atoms with E-state index < -0.39 is 5.41 Å². The highest BCUT2D eigenvalue weighted by atomic mass is 35.5. The SMILES string of the molecule is NCC1(C(=O)Nc2ccc(Cl)nc2)CCCCCC1. The minimum atomic E-state index is -0.420. The summed E-state index contributed by atoms with van der Waals surface area (Å²) in [5, 5.41) is 3.34. The average molecular weight is 282 g/mol. The Morgan fingerprint density at radius 1 is 1.32 bits per heavy atom. The summed E-state index contributed by atoms with van der Waals surface area (Å²) in [6, 6.07) is 3.42. The van der Waals surface area contributed by atoms with Crippen LogP contribution in [0.2, 0.25) is 5.15 Å². The van der Waals surface area contributed by atoms with Crippen molar-refractivity contribution in [2.24, 2.45) is 11.1 Å². The summed E-state index contributed by atoms with van der Waals surface area (Å²) >= 11 is 5.73. The second-order valence-corrected chi connectivity index (χ2v) is 5.61. The molecule has 1 aromatic rings. The van der Waals surface area contributed by atoms with Crippen molar-refractivity contribution in [1.29, 1.82) is 0 Å². The van der Waals surface area contributed by atoms with Crippen LogP contribution in [0.1, 0.15) is 38.5 Å². The molecular weight excluding hydrogens is 262 g/mol. The van der Waals surface area contributed by atoms with E-state index in [9.17, 15) is 4.79 Å². The van der Waals surface area contributed by atoms with Crippen molar-refractivity contribution < 1.29 is 4.79 Å². The van der Waals surface area contributed by atoms with E-state index in [1.165, 1.54) is 12.8 Å². The largest absolute Gasteiger partial charge is 0.329 e. The quantitative estimate of drug-likeness (QED) is 0.661. The van der Waals surface area contributed by atoms with Crippen molar-refractivity contribution in [2.75, 3.05) is 11.9 Å². The summed E-state index contributed by atoms with van der Waals surface area (Å²) in [6.07, 6.45) is 7.84. The number of nitrogens with one attached hydrogen (secondary N) is 1. The Balaban J connectivity index is 2.09. The standard InChI is InChI=1S/C14H20ClN3O/c15-12-6-5-11(9-17-12)18-13(19)14(10-16)7-3-1-2-4-8-14/h5-6,9H,1-4,7-8,10,16H2,(H,18,19). The molecule has 1 aromatic heterocycles. The molecule has 0 unspecified atom stereocenters. The second-order valence-electron chi connectivity index (χ2n) is 5.22. The van der Waals surface area contributed by atoms with Gasteiger partial charge in [0.2, 0.25) is 5.91 Å². The fraction of sp³-hybridized carbons (Fsp3) is 0.571.